The Morgan fingerprint density at radius 3 is 2.46 bits per heavy atom. The molecule has 1 aromatic heterocycles. The topological polar surface area (TPSA) is 81.1 Å². The maximum absolute atomic E-state index is 12.6. The lowest BCUT2D eigenvalue weighted by atomic mass is 10.1. The fourth-order valence-corrected chi connectivity index (χ4v) is 2.64. The first kappa shape index (κ1) is 15.8. The SMILES string of the molecule is Cc1nc(-c2ccccc2O)n(CCc2ccccc2)c(=O)c1N. The highest BCUT2D eigenvalue weighted by Gasteiger charge is 2.16. The summed E-state index contributed by atoms with van der Waals surface area (Å²) in [5.74, 6) is 0.516. The van der Waals surface area contributed by atoms with Gasteiger partial charge >= 0.3 is 0 Å². The highest BCUT2D eigenvalue weighted by molar-refractivity contribution is 5.65. The fraction of sp³-hybridized carbons (Fsp3) is 0.158. The summed E-state index contributed by atoms with van der Waals surface area (Å²) in [6.45, 7) is 2.13. The number of nitrogen functional groups attached to an aromatic ring is 1. The lowest BCUT2D eigenvalue weighted by molar-refractivity contribution is 0.476. The normalized spacial score (nSPS) is 10.7. The minimum atomic E-state index is -0.281. The Labute approximate surface area is 140 Å². The number of hydrogen-bond donors (Lipinski definition) is 2. The Kier molecular flexibility index (Phi) is 4.33. The number of aromatic nitrogens is 2. The molecule has 3 aromatic rings. The van der Waals surface area contributed by atoms with Crippen LogP contribution in [0.15, 0.2) is 59.4 Å². The maximum atomic E-state index is 12.6. The Morgan fingerprint density at radius 1 is 1.08 bits per heavy atom. The zero-order valence-electron chi connectivity index (χ0n) is 13.4. The molecule has 24 heavy (non-hydrogen) atoms. The van der Waals surface area contributed by atoms with Crippen LogP contribution in [0.1, 0.15) is 11.3 Å². The minimum absolute atomic E-state index is 0.0852. The van der Waals surface area contributed by atoms with E-state index in [0.717, 1.165) is 5.56 Å². The first-order chi connectivity index (χ1) is 11.6. The number of aromatic hydroxyl groups is 1. The fourth-order valence-electron chi connectivity index (χ4n) is 2.64. The Morgan fingerprint density at radius 2 is 1.75 bits per heavy atom. The van der Waals surface area contributed by atoms with Gasteiger partial charge in [-0.05, 0) is 31.0 Å². The van der Waals surface area contributed by atoms with Crippen LogP contribution in [0.2, 0.25) is 0 Å². The van der Waals surface area contributed by atoms with Crippen LogP contribution in [0.5, 0.6) is 5.75 Å². The number of aryl methyl sites for hydroxylation is 2. The molecule has 5 nitrogen and oxygen atoms in total. The van der Waals surface area contributed by atoms with E-state index in [-0.39, 0.29) is 17.0 Å². The molecule has 0 saturated heterocycles. The number of para-hydroxylation sites is 1. The molecule has 2 aromatic carbocycles. The second-order valence-corrected chi connectivity index (χ2v) is 5.64. The van der Waals surface area contributed by atoms with Crippen molar-refractivity contribution in [2.45, 2.75) is 19.9 Å². The molecule has 3 N–H and O–H groups in total. The number of hydrogen-bond acceptors (Lipinski definition) is 4. The van der Waals surface area contributed by atoms with Crippen LogP contribution in [-0.2, 0) is 13.0 Å². The highest BCUT2D eigenvalue weighted by atomic mass is 16.3. The Balaban J connectivity index is 2.08. The summed E-state index contributed by atoms with van der Waals surface area (Å²) >= 11 is 0. The van der Waals surface area contributed by atoms with Crippen LogP contribution in [-0.4, -0.2) is 14.7 Å². The van der Waals surface area contributed by atoms with Crippen molar-refractivity contribution in [2.75, 3.05) is 5.73 Å². The summed E-state index contributed by atoms with van der Waals surface area (Å²) in [5, 5.41) is 10.1. The van der Waals surface area contributed by atoms with E-state index in [1.165, 1.54) is 4.57 Å². The van der Waals surface area contributed by atoms with E-state index < -0.39 is 0 Å². The summed E-state index contributed by atoms with van der Waals surface area (Å²) in [7, 11) is 0. The summed E-state index contributed by atoms with van der Waals surface area (Å²) in [5.41, 5.74) is 7.84. The molecule has 0 amide bonds. The van der Waals surface area contributed by atoms with Gasteiger partial charge in [0, 0.05) is 6.54 Å². The molecule has 0 unspecified atom stereocenters. The lowest BCUT2D eigenvalue weighted by Gasteiger charge is -2.15. The molecular weight excluding hydrogens is 302 g/mol. The van der Waals surface area contributed by atoms with E-state index in [0.29, 0.717) is 30.0 Å². The molecule has 0 spiro atoms. The molecule has 5 heteroatoms. The molecule has 3 rings (SSSR count). The van der Waals surface area contributed by atoms with Gasteiger partial charge in [-0.2, -0.15) is 0 Å². The van der Waals surface area contributed by atoms with Crippen molar-refractivity contribution in [3.05, 3.63) is 76.2 Å². The molecule has 0 radical (unpaired) electrons. The van der Waals surface area contributed by atoms with E-state index in [4.69, 9.17) is 5.73 Å². The molecule has 1 heterocycles. The molecule has 0 aliphatic rings. The van der Waals surface area contributed by atoms with Crippen LogP contribution >= 0.6 is 0 Å². The van der Waals surface area contributed by atoms with Crippen LogP contribution in [0.25, 0.3) is 11.4 Å². The first-order valence-corrected chi connectivity index (χ1v) is 7.77. The van der Waals surface area contributed by atoms with Gasteiger partial charge in [0.05, 0.1) is 11.3 Å². The molecule has 0 fully saturated rings. The van der Waals surface area contributed by atoms with Crippen molar-refractivity contribution in [1.82, 2.24) is 9.55 Å². The summed E-state index contributed by atoms with van der Waals surface area (Å²) in [6.07, 6.45) is 0.672. The van der Waals surface area contributed by atoms with E-state index in [1.807, 2.05) is 30.3 Å². The standard InChI is InChI=1S/C19H19N3O2/c1-13-17(20)19(24)22(12-11-14-7-3-2-4-8-14)18(21-13)15-9-5-6-10-16(15)23/h2-10,23H,11-12,20H2,1H3. The average Bonchev–Trinajstić information content (AvgIpc) is 2.60. The van der Waals surface area contributed by atoms with Gasteiger partial charge < -0.3 is 10.8 Å². The number of benzene rings is 2. The smallest absolute Gasteiger partial charge is 0.277 e. The predicted octanol–water partition coefficient (Wildman–Crippen LogP) is 2.75. The molecule has 0 atom stereocenters. The second-order valence-electron chi connectivity index (χ2n) is 5.64. The summed E-state index contributed by atoms with van der Waals surface area (Å²) < 4.78 is 1.53. The number of rotatable bonds is 4. The van der Waals surface area contributed by atoms with E-state index in [9.17, 15) is 9.90 Å². The van der Waals surface area contributed by atoms with Gasteiger partial charge in [0.15, 0.2) is 0 Å². The van der Waals surface area contributed by atoms with Crippen LogP contribution in [0.4, 0.5) is 5.69 Å². The Bertz CT molecular complexity index is 918. The molecule has 0 bridgehead atoms. The third-order valence-corrected chi connectivity index (χ3v) is 4.01. The van der Waals surface area contributed by atoms with Crippen molar-refractivity contribution < 1.29 is 5.11 Å². The number of anilines is 1. The quantitative estimate of drug-likeness (QED) is 0.774. The number of nitrogens with two attached hydrogens (primary N) is 1. The van der Waals surface area contributed by atoms with Gasteiger partial charge in [-0.15, -0.1) is 0 Å². The zero-order valence-corrected chi connectivity index (χ0v) is 13.4. The summed E-state index contributed by atoms with van der Waals surface area (Å²) in [6, 6.07) is 16.7. The zero-order chi connectivity index (χ0) is 17.1. The van der Waals surface area contributed by atoms with E-state index in [2.05, 4.69) is 4.98 Å². The molecular formula is C19H19N3O2. The van der Waals surface area contributed by atoms with Crippen LogP contribution < -0.4 is 11.3 Å². The number of nitrogens with zero attached hydrogens (tertiary/aromatic N) is 2. The lowest BCUT2D eigenvalue weighted by Crippen LogP contribution is -2.27. The Hall–Kier alpha value is -3.08. The summed E-state index contributed by atoms with van der Waals surface area (Å²) in [4.78, 5) is 17.1. The number of phenolic OH excluding ortho intramolecular Hbond substituents is 1. The minimum Gasteiger partial charge on any atom is -0.507 e. The van der Waals surface area contributed by atoms with Crippen molar-refractivity contribution in [3.63, 3.8) is 0 Å². The number of phenols is 1. The van der Waals surface area contributed by atoms with Gasteiger partial charge in [0.1, 0.15) is 17.3 Å². The second kappa shape index (κ2) is 6.58. The van der Waals surface area contributed by atoms with E-state index in [1.54, 1.807) is 31.2 Å². The molecule has 122 valence electrons. The third kappa shape index (κ3) is 3.01. The van der Waals surface area contributed by atoms with Crippen molar-refractivity contribution in [1.29, 1.82) is 0 Å². The average molecular weight is 321 g/mol. The van der Waals surface area contributed by atoms with Gasteiger partial charge in [-0.25, -0.2) is 4.98 Å². The van der Waals surface area contributed by atoms with Crippen LogP contribution in [0, 0.1) is 6.92 Å². The largest absolute Gasteiger partial charge is 0.507 e. The van der Waals surface area contributed by atoms with Crippen molar-refractivity contribution in [3.8, 4) is 17.1 Å². The molecule has 0 aliphatic heterocycles. The van der Waals surface area contributed by atoms with E-state index >= 15 is 0 Å². The predicted molar refractivity (Wildman–Crippen MR) is 94.9 cm³/mol. The maximum Gasteiger partial charge on any atom is 0.277 e. The van der Waals surface area contributed by atoms with Crippen molar-refractivity contribution >= 4 is 5.69 Å². The van der Waals surface area contributed by atoms with Gasteiger partial charge in [-0.1, -0.05) is 42.5 Å². The van der Waals surface area contributed by atoms with Gasteiger partial charge in [-0.3, -0.25) is 9.36 Å². The van der Waals surface area contributed by atoms with Gasteiger partial charge in [0.2, 0.25) is 0 Å². The monoisotopic (exact) mass is 321 g/mol. The van der Waals surface area contributed by atoms with Crippen LogP contribution in [0.3, 0.4) is 0 Å². The third-order valence-electron chi connectivity index (χ3n) is 4.01. The highest BCUT2D eigenvalue weighted by Crippen LogP contribution is 2.27. The van der Waals surface area contributed by atoms with Crippen molar-refractivity contribution in [2.24, 2.45) is 0 Å². The van der Waals surface area contributed by atoms with Gasteiger partial charge in [0.25, 0.3) is 5.56 Å². The first-order valence-electron chi connectivity index (χ1n) is 7.77. The molecule has 0 aliphatic carbocycles. The molecule has 0 saturated carbocycles.